The normalized spacial score (nSPS) is 13.4. The predicted octanol–water partition coefficient (Wildman–Crippen LogP) is 1.83. The molecule has 1 aromatic heterocycles. The second kappa shape index (κ2) is 6.43. The van der Waals surface area contributed by atoms with Crippen LogP contribution in [0.25, 0.3) is 0 Å². The first kappa shape index (κ1) is 13.0. The smallest absolute Gasteiger partial charge is 0.161 e. The SMILES string of the molecule is c1cn(CCCNCc2ccc3c(c2)OCCO3)cn1. The van der Waals surface area contributed by atoms with Crippen molar-refractivity contribution in [3.63, 3.8) is 0 Å². The Balaban J connectivity index is 1.42. The van der Waals surface area contributed by atoms with E-state index in [-0.39, 0.29) is 0 Å². The summed E-state index contributed by atoms with van der Waals surface area (Å²) in [5, 5.41) is 3.44. The highest BCUT2D eigenvalue weighted by molar-refractivity contribution is 5.43. The third-order valence-corrected chi connectivity index (χ3v) is 3.26. The molecule has 3 rings (SSSR count). The van der Waals surface area contributed by atoms with Gasteiger partial charge in [-0.05, 0) is 30.7 Å². The molecule has 106 valence electrons. The molecule has 2 aromatic rings. The number of benzene rings is 1. The minimum Gasteiger partial charge on any atom is -0.486 e. The lowest BCUT2D eigenvalue weighted by atomic mass is 10.2. The van der Waals surface area contributed by atoms with Gasteiger partial charge < -0.3 is 19.4 Å². The minimum absolute atomic E-state index is 0.634. The number of ether oxygens (including phenoxy) is 2. The molecule has 1 aliphatic rings. The molecule has 1 aromatic carbocycles. The molecule has 0 bridgehead atoms. The Morgan fingerprint density at radius 1 is 1.20 bits per heavy atom. The average Bonchev–Trinajstić information content (AvgIpc) is 3.00. The molecule has 2 heterocycles. The Bertz CT molecular complexity index is 540. The number of nitrogens with zero attached hydrogens (tertiary/aromatic N) is 2. The average molecular weight is 273 g/mol. The number of hydrogen-bond donors (Lipinski definition) is 1. The first-order chi connectivity index (χ1) is 9.92. The number of aromatic nitrogens is 2. The Hall–Kier alpha value is -2.01. The molecule has 0 unspecified atom stereocenters. The first-order valence-electron chi connectivity index (χ1n) is 6.97. The molecule has 0 atom stereocenters. The van der Waals surface area contributed by atoms with Crippen LogP contribution in [-0.2, 0) is 13.1 Å². The molecule has 5 heteroatoms. The van der Waals surface area contributed by atoms with Crippen LogP contribution in [0.4, 0.5) is 0 Å². The van der Waals surface area contributed by atoms with Gasteiger partial charge in [0.15, 0.2) is 11.5 Å². The van der Waals surface area contributed by atoms with Crippen molar-refractivity contribution in [3.05, 3.63) is 42.5 Å². The van der Waals surface area contributed by atoms with Crippen molar-refractivity contribution in [1.82, 2.24) is 14.9 Å². The van der Waals surface area contributed by atoms with Crippen LogP contribution in [0.15, 0.2) is 36.9 Å². The van der Waals surface area contributed by atoms with Gasteiger partial charge in [0.25, 0.3) is 0 Å². The third-order valence-electron chi connectivity index (χ3n) is 3.26. The topological polar surface area (TPSA) is 48.3 Å². The largest absolute Gasteiger partial charge is 0.486 e. The van der Waals surface area contributed by atoms with E-state index in [1.165, 1.54) is 5.56 Å². The maximum Gasteiger partial charge on any atom is 0.161 e. The maximum absolute atomic E-state index is 5.58. The second-order valence-electron chi connectivity index (χ2n) is 4.81. The van der Waals surface area contributed by atoms with Gasteiger partial charge in [-0.1, -0.05) is 6.07 Å². The Morgan fingerprint density at radius 3 is 2.95 bits per heavy atom. The highest BCUT2D eigenvalue weighted by atomic mass is 16.6. The number of fused-ring (bicyclic) bond motifs is 1. The van der Waals surface area contributed by atoms with Gasteiger partial charge in [0.05, 0.1) is 6.33 Å². The highest BCUT2D eigenvalue weighted by Crippen LogP contribution is 2.30. The molecule has 0 spiro atoms. The molecule has 20 heavy (non-hydrogen) atoms. The fourth-order valence-electron chi connectivity index (χ4n) is 2.24. The van der Waals surface area contributed by atoms with Crippen molar-refractivity contribution >= 4 is 0 Å². The fourth-order valence-corrected chi connectivity index (χ4v) is 2.24. The van der Waals surface area contributed by atoms with Crippen LogP contribution in [0.2, 0.25) is 0 Å². The lowest BCUT2D eigenvalue weighted by Crippen LogP contribution is -2.18. The zero-order valence-electron chi connectivity index (χ0n) is 11.4. The molecular formula is C15H19N3O2. The van der Waals surface area contributed by atoms with Gasteiger partial charge in [-0.3, -0.25) is 0 Å². The number of nitrogens with one attached hydrogen (secondary N) is 1. The van der Waals surface area contributed by atoms with Gasteiger partial charge in [0.2, 0.25) is 0 Å². The molecule has 5 nitrogen and oxygen atoms in total. The third kappa shape index (κ3) is 3.30. The van der Waals surface area contributed by atoms with Crippen molar-refractivity contribution < 1.29 is 9.47 Å². The number of rotatable bonds is 6. The maximum atomic E-state index is 5.58. The van der Waals surface area contributed by atoms with Gasteiger partial charge >= 0.3 is 0 Å². The summed E-state index contributed by atoms with van der Waals surface area (Å²) in [7, 11) is 0. The van der Waals surface area contributed by atoms with Crippen LogP contribution in [0, 0.1) is 0 Å². The minimum atomic E-state index is 0.634. The summed E-state index contributed by atoms with van der Waals surface area (Å²) in [6.07, 6.45) is 6.73. The van der Waals surface area contributed by atoms with E-state index in [0.717, 1.165) is 37.6 Å². The molecule has 1 aliphatic heterocycles. The molecule has 0 saturated heterocycles. The van der Waals surface area contributed by atoms with E-state index in [2.05, 4.69) is 27.0 Å². The van der Waals surface area contributed by atoms with Crippen LogP contribution >= 0.6 is 0 Å². The summed E-state index contributed by atoms with van der Waals surface area (Å²) < 4.78 is 13.2. The molecule has 0 aliphatic carbocycles. The summed E-state index contributed by atoms with van der Waals surface area (Å²) in [5.41, 5.74) is 1.22. The predicted molar refractivity (Wildman–Crippen MR) is 76.0 cm³/mol. The quantitative estimate of drug-likeness (QED) is 0.816. The van der Waals surface area contributed by atoms with Crippen LogP contribution in [-0.4, -0.2) is 29.3 Å². The summed E-state index contributed by atoms with van der Waals surface area (Å²) in [6, 6.07) is 6.12. The molecule has 0 fully saturated rings. The van der Waals surface area contributed by atoms with Crippen molar-refractivity contribution in [1.29, 1.82) is 0 Å². The van der Waals surface area contributed by atoms with E-state index < -0.39 is 0 Å². The fraction of sp³-hybridized carbons (Fsp3) is 0.400. The molecule has 1 N–H and O–H groups in total. The van der Waals surface area contributed by atoms with E-state index in [4.69, 9.17) is 9.47 Å². The van der Waals surface area contributed by atoms with Gasteiger partial charge in [-0.25, -0.2) is 4.98 Å². The van der Waals surface area contributed by atoms with Gasteiger partial charge in [0, 0.05) is 25.5 Å². The van der Waals surface area contributed by atoms with E-state index >= 15 is 0 Å². The monoisotopic (exact) mass is 273 g/mol. The number of hydrogen-bond acceptors (Lipinski definition) is 4. The summed E-state index contributed by atoms with van der Waals surface area (Å²) in [4.78, 5) is 4.03. The van der Waals surface area contributed by atoms with Crippen LogP contribution in [0.5, 0.6) is 11.5 Å². The van der Waals surface area contributed by atoms with Crippen LogP contribution in [0.3, 0.4) is 0 Å². The van der Waals surface area contributed by atoms with E-state index in [1.807, 2.05) is 24.8 Å². The number of aryl methyl sites for hydroxylation is 1. The van der Waals surface area contributed by atoms with Crippen molar-refractivity contribution in [2.24, 2.45) is 0 Å². The van der Waals surface area contributed by atoms with Crippen LogP contribution in [0.1, 0.15) is 12.0 Å². The zero-order valence-corrected chi connectivity index (χ0v) is 11.4. The first-order valence-corrected chi connectivity index (χ1v) is 6.97. The zero-order chi connectivity index (χ0) is 13.6. The van der Waals surface area contributed by atoms with E-state index in [1.54, 1.807) is 0 Å². The Morgan fingerprint density at radius 2 is 2.10 bits per heavy atom. The Kier molecular flexibility index (Phi) is 4.18. The van der Waals surface area contributed by atoms with Gasteiger partial charge in [-0.15, -0.1) is 0 Å². The van der Waals surface area contributed by atoms with E-state index in [0.29, 0.717) is 13.2 Å². The van der Waals surface area contributed by atoms with Crippen LogP contribution < -0.4 is 14.8 Å². The van der Waals surface area contributed by atoms with Crippen molar-refractivity contribution in [3.8, 4) is 11.5 Å². The second-order valence-corrected chi connectivity index (χ2v) is 4.81. The number of imidazole rings is 1. The Labute approximate surface area is 118 Å². The lowest BCUT2D eigenvalue weighted by molar-refractivity contribution is 0.171. The summed E-state index contributed by atoms with van der Waals surface area (Å²) in [5.74, 6) is 1.70. The van der Waals surface area contributed by atoms with E-state index in [9.17, 15) is 0 Å². The highest BCUT2D eigenvalue weighted by Gasteiger charge is 2.11. The standard InChI is InChI=1S/C15H19N3O2/c1(6-18-7-5-17-12-18)4-16-11-13-2-3-14-15(10-13)20-9-8-19-14/h2-3,5,7,10,12,16H,1,4,6,8-9,11H2. The summed E-state index contributed by atoms with van der Waals surface area (Å²) >= 11 is 0. The van der Waals surface area contributed by atoms with Gasteiger partial charge in [-0.2, -0.15) is 0 Å². The molecule has 0 amide bonds. The van der Waals surface area contributed by atoms with Gasteiger partial charge in [0.1, 0.15) is 13.2 Å². The molecule has 0 saturated carbocycles. The van der Waals surface area contributed by atoms with Crippen molar-refractivity contribution in [2.45, 2.75) is 19.5 Å². The van der Waals surface area contributed by atoms with Crippen molar-refractivity contribution in [2.75, 3.05) is 19.8 Å². The molecule has 0 radical (unpaired) electrons. The lowest BCUT2D eigenvalue weighted by Gasteiger charge is -2.19. The molecular weight excluding hydrogens is 254 g/mol. The summed E-state index contributed by atoms with van der Waals surface area (Å²) in [6.45, 7) is 4.09.